The van der Waals surface area contributed by atoms with Gasteiger partial charge in [-0.3, -0.25) is 9.69 Å². The predicted molar refractivity (Wildman–Crippen MR) is 75.3 cm³/mol. The van der Waals surface area contributed by atoms with Gasteiger partial charge in [0.25, 0.3) is 0 Å². The van der Waals surface area contributed by atoms with Crippen molar-refractivity contribution < 1.29 is 18.0 Å². The number of rotatable bonds is 3. The molecule has 1 fully saturated rings. The third-order valence-corrected chi connectivity index (χ3v) is 4.42. The molecule has 23 heavy (non-hydrogen) atoms. The number of halogens is 3. The molecule has 1 aromatic rings. The van der Waals surface area contributed by atoms with Gasteiger partial charge >= 0.3 is 6.18 Å². The monoisotopic (exact) mass is 331 g/mol. The van der Waals surface area contributed by atoms with Crippen molar-refractivity contribution in [2.24, 2.45) is 0 Å². The van der Waals surface area contributed by atoms with E-state index in [1.165, 1.54) is 6.42 Å². The van der Waals surface area contributed by atoms with E-state index >= 15 is 0 Å². The number of hydrogen-bond acceptors (Lipinski definition) is 4. The lowest BCUT2D eigenvalue weighted by atomic mass is 9.95. The molecule has 3 rings (SSSR count). The Hall–Kier alpha value is -1.64. The van der Waals surface area contributed by atoms with E-state index in [1.54, 1.807) is 0 Å². The summed E-state index contributed by atoms with van der Waals surface area (Å²) in [6, 6.07) is 0.238. The van der Waals surface area contributed by atoms with E-state index < -0.39 is 12.0 Å². The SMILES string of the molecule is O=C(CN1CCn2c(nnc2C(F)(F)F)C1)NC1CCCCC1. The highest BCUT2D eigenvalue weighted by Crippen LogP contribution is 2.29. The van der Waals surface area contributed by atoms with Gasteiger partial charge in [-0.15, -0.1) is 10.2 Å². The average molecular weight is 331 g/mol. The molecule has 1 aromatic heterocycles. The van der Waals surface area contributed by atoms with Gasteiger partial charge in [-0.25, -0.2) is 0 Å². The molecule has 0 aromatic carbocycles. The molecular weight excluding hydrogens is 311 g/mol. The lowest BCUT2D eigenvalue weighted by molar-refractivity contribution is -0.148. The van der Waals surface area contributed by atoms with Crippen LogP contribution in [0.15, 0.2) is 0 Å². The molecule has 0 unspecified atom stereocenters. The standard InChI is InChI=1S/C14H20F3N5O/c15-14(16,17)13-20-19-11-8-21(6-7-22(11)13)9-12(23)18-10-4-2-1-3-5-10/h10H,1-9H2,(H,18,23). The summed E-state index contributed by atoms with van der Waals surface area (Å²) < 4.78 is 39.4. The number of amides is 1. The zero-order valence-corrected chi connectivity index (χ0v) is 12.8. The summed E-state index contributed by atoms with van der Waals surface area (Å²) in [5.74, 6) is -0.770. The molecule has 2 heterocycles. The van der Waals surface area contributed by atoms with Gasteiger partial charge in [0.1, 0.15) is 5.82 Å². The lowest BCUT2D eigenvalue weighted by Gasteiger charge is -2.29. The zero-order chi connectivity index (χ0) is 16.4. The highest BCUT2D eigenvalue weighted by molar-refractivity contribution is 5.78. The summed E-state index contributed by atoms with van der Waals surface area (Å²) in [5, 5.41) is 9.87. The van der Waals surface area contributed by atoms with E-state index in [1.807, 2.05) is 4.90 Å². The smallest absolute Gasteiger partial charge is 0.352 e. The maximum Gasteiger partial charge on any atom is 0.451 e. The fourth-order valence-electron chi connectivity index (χ4n) is 3.28. The highest BCUT2D eigenvalue weighted by atomic mass is 19.4. The molecule has 1 aliphatic heterocycles. The molecule has 1 aliphatic carbocycles. The van der Waals surface area contributed by atoms with Crippen molar-refractivity contribution in [1.29, 1.82) is 0 Å². The Morgan fingerprint density at radius 1 is 1.17 bits per heavy atom. The van der Waals surface area contributed by atoms with E-state index in [4.69, 9.17) is 0 Å². The molecule has 9 heteroatoms. The molecule has 6 nitrogen and oxygen atoms in total. The first-order chi connectivity index (χ1) is 10.9. The van der Waals surface area contributed by atoms with Crippen LogP contribution >= 0.6 is 0 Å². The van der Waals surface area contributed by atoms with E-state index in [-0.39, 0.29) is 37.4 Å². The Balaban J connectivity index is 1.55. The first-order valence-corrected chi connectivity index (χ1v) is 7.94. The third-order valence-electron chi connectivity index (χ3n) is 4.42. The summed E-state index contributed by atoms with van der Waals surface area (Å²) in [6.45, 7) is 0.923. The molecule has 0 bridgehead atoms. The summed E-state index contributed by atoms with van der Waals surface area (Å²) in [4.78, 5) is 13.9. The zero-order valence-electron chi connectivity index (χ0n) is 12.8. The number of carbonyl (C=O) groups excluding carboxylic acids is 1. The minimum absolute atomic E-state index is 0.0686. The van der Waals surface area contributed by atoms with Crippen LogP contribution in [0, 0.1) is 0 Å². The van der Waals surface area contributed by atoms with Gasteiger partial charge in [0.2, 0.25) is 11.7 Å². The van der Waals surface area contributed by atoms with Gasteiger partial charge in [-0.05, 0) is 12.8 Å². The second-order valence-electron chi connectivity index (χ2n) is 6.20. The molecule has 1 saturated carbocycles. The van der Waals surface area contributed by atoms with Crippen LogP contribution in [-0.4, -0.2) is 44.7 Å². The van der Waals surface area contributed by atoms with Gasteiger partial charge in [-0.1, -0.05) is 19.3 Å². The van der Waals surface area contributed by atoms with Crippen molar-refractivity contribution in [2.45, 2.75) is 57.4 Å². The second kappa shape index (κ2) is 6.46. The average Bonchev–Trinajstić information content (AvgIpc) is 2.91. The summed E-state index contributed by atoms with van der Waals surface area (Å²) in [7, 11) is 0. The molecule has 128 valence electrons. The number of nitrogens with one attached hydrogen (secondary N) is 1. The Kier molecular flexibility index (Phi) is 4.56. The maximum absolute atomic E-state index is 12.8. The van der Waals surface area contributed by atoms with Crippen LogP contribution in [-0.2, 0) is 24.1 Å². The third kappa shape index (κ3) is 3.82. The molecule has 2 aliphatic rings. The number of nitrogens with zero attached hydrogens (tertiary/aromatic N) is 4. The predicted octanol–water partition coefficient (Wildman–Crippen LogP) is 1.56. The van der Waals surface area contributed by atoms with E-state index in [9.17, 15) is 18.0 Å². The number of aromatic nitrogens is 3. The highest BCUT2D eigenvalue weighted by Gasteiger charge is 2.39. The van der Waals surface area contributed by atoms with Crippen LogP contribution < -0.4 is 5.32 Å². The quantitative estimate of drug-likeness (QED) is 0.913. The summed E-state index contributed by atoms with van der Waals surface area (Å²) in [5.41, 5.74) is 0. The van der Waals surface area contributed by atoms with E-state index in [0.29, 0.717) is 6.54 Å². The normalized spacial score (nSPS) is 20.3. The maximum atomic E-state index is 12.8. The van der Waals surface area contributed by atoms with Crippen LogP contribution in [0.4, 0.5) is 13.2 Å². The van der Waals surface area contributed by atoms with Crippen LogP contribution in [0.25, 0.3) is 0 Å². The van der Waals surface area contributed by atoms with Crippen LogP contribution in [0.2, 0.25) is 0 Å². The lowest BCUT2D eigenvalue weighted by Crippen LogP contribution is -2.45. The van der Waals surface area contributed by atoms with Crippen molar-refractivity contribution in [3.05, 3.63) is 11.6 Å². The Morgan fingerprint density at radius 3 is 2.61 bits per heavy atom. The topological polar surface area (TPSA) is 63.1 Å². The van der Waals surface area contributed by atoms with Crippen LogP contribution in [0.5, 0.6) is 0 Å². The molecular formula is C14H20F3N5O. The molecule has 1 N–H and O–H groups in total. The second-order valence-corrected chi connectivity index (χ2v) is 6.20. The van der Waals surface area contributed by atoms with E-state index in [2.05, 4.69) is 15.5 Å². The fourth-order valence-corrected chi connectivity index (χ4v) is 3.28. The Morgan fingerprint density at radius 2 is 1.91 bits per heavy atom. The van der Waals surface area contributed by atoms with Crippen LogP contribution in [0.1, 0.15) is 43.8 Å². The van der Waals surface area contributed by atoms with Gasteiger partial charge in [-0.2, -0.15) is 13.2 Å². The minimum atomic E-state index is -4.49. The Bertz CT molecular complexity index is 565. The van der Waals surface area contributed by atoms with Crippen molar-refractivity contribution in [3.63, 3.8) is 0 Å². The van der Waals surface area contributed by atoms with E-state index in [0.717, 1.165) is 30.3 Å². The van der Waals surface area contributed by atoms with Gasteiger partial charge in [0.15, 0.2) is 0 Å². The van der Waals surface area contributed by atoms with Gasteiger partial charge in [0.05, 0.1) is 13.1 Å². The van der Waals surface area contributed by atoms with Gasteiger partial charge in [0, 0.05) is 19.1 Å². The van der Waals surface area contributed by atoms with Crippen molar-refractivity contribution in [3.8, 4) is 0 Å². The summed E-state index contributed by atoms with van der Waals surface area (Å²) >= 11 is 0. The molecule has 0 atom stereocenters. The minimum Gasteiger partial charge on any atom is -0.352 e. The van der Waals surface area contributed by atoms with Gasteiger partial charge < -0.3 is 9.88 Å². The van der Waals surface area contributed by atoms with Crippen molar-refractivity contribution in [1.82, 2.24) is 25.0 Å². The molecule has 1 amide bonds. The summed E-state index contributed by atoms with van der Waals surface area (Å²) in [6.07, 6.45) is 1.02. The van der Waals surface area contributed by atoms with Crippen molar-refractivity contribution in [2.75, 3.05) is 13.1 Å². The van der Waals surface area contributed by atoms with Crippen LogP contribution in [0.3, 0.4) is 0 Å². The fraction of sp³-hybridized carbons (Fsp3) is 0.786. The number of alkyl halides is 3. The number of hydrogen-bond donors (Lipinski definition) is 1. The van der Waals surface area contributed by atoms with Crippen molar-refractivity contribution >= 4 is 5.91 Å². The number of fused-ring (bicyclic) bond motifs is 1. The first kappa shape index (κ1) is 16.2. The molecule has 0 spiro atoms. The molecule has 0 saturated heterocycles. The number of carbonyl (C=O) groups is 1. The largest absolute Gasteiger partial charge is 0.451 e. The first-order valence-electron chi connectivity index (χ1n) is 7.94. The Labute approximate surface area is 132 Å². The molecule has 0 radical (unpaired) electrons.